The van der Waals surface area contributed by atoms with Crippen LogP contribution in [0.2, 0.25) is 0 Å². The van der Waals surface area contributed by atoms with E-state index in [4.69, 9.17) is 0 Å². The summed E-state index contributed by atoms with van der Waals surface area (Å²) < 4.78 is 0. The zero-order chi connectivity index (χ0) is 9.97. The van der Waals surface area contributed by atoms with E-state index in [1.54, 1.807) is 6.20 Å². The van der Waals surface area contributed by atoms with Gasteiger partial charge in [0.15, 0.2) is 0 Å². The Morgan fingerprint density at radius 1 is 1.50 bits per heavy atom. The molecule has 1 aliphatic carbocycles. The third kappa shape index (κ3) is 2.03. The molecule has 1 N–H and O–H groups in total. The van der Waals surface area contributed by atoms with Crippen LogP contribution in [-0.2, 0) is 0 Å². The van der Waals surface area contributed by atoms with Gasteiger partial charge in [0.1, 0.15) is 5.82 Å². The molecule has 14 heavy (non-hydrogen) atoms. The van der Waals surface area contributed by atoms with Crippen LogP contribution in [0, 0.1) is 12.8 Å². The van der Waals surface area contributed by atoms with E-state index < -0.39 is 0 Å². The van der Waals surface area contributed by atoms with Gasteiger partial charge in [-0.2, -0.15) is 5.10 Å². The smallest absolute Gasteiger partial charge is 0.149 e. The normalized spacial score (nSPS) is 18.7. The van der Waals surface area contributed by atoms with Gasteiger partial charge in [-0.3, -0.25) is 0 Å². The van der Waals surface area contributed by atoms with Crippen molar-refractivity contribution in [1.82, 2.24) is 10.2 Å². The van der Waals surface area contributed by atoms with Crippen molar-refractivity contribution in [2.75, 3.05) is 5.32 Å². The average Bonchev–Trinajstić information content (AvgIpc) is 1.99. The van der Waals surface area contributed by atoms with E-state index in [2.05, 4.69) is 22.4 Å². The van der Waals surface area contributed by atoms with Crippen LogP contribution in [0.1, 0.15) is 31.7 Å². The van der Waals surface area contributed by atoms with Crippen LogP contribution >= 0.6 is 0 Å². The minimum atomic E-state index is 0.528. The zero-order valence-electron chi connectivity index (χ0n) is 8.83. The number of aromatic nitrogens is 2. The molecule has 0 amide bonds. The lowest BCUT2D eigenvalue weighted by atomic mass is 9.80. The summed E-state index contributed by atoms with van der Waals surface area (Å²) in [6.45, 7) is 4.27. The fourth-order valence-corrected chi connectivity index (χ4v) is 1.83. The summed E-state index contributed by atoms with van der Waals surface area (Å²) in [4.78, 5) is 0. The van der Waals surface area contributed by atoms with Crippen LogP contribution in [-0.4, -0.2) is 16.2 Å². The molecule has 3 nitrogen and oxygen atoms in total. The molecule has 1 aliphatic rings. The lowest BCUT2D eigenvalue weighted by Gasteiger charge is -2.32. The van der Waals surface area contributed by atoms with Gasteiger partial charge in [0.2, 0.25) is 0 Å². The van der Waals surface area contributed by atoms with Crippen molar-refractivity contribution in [3.8, 4) is 0 Å². The summed E-state index contributed by atoms with van der Waals surface area (Å²) in [7, 11) is 0. The van der Waals surface area contributed by atoms with Crippen LogP contribution in [0.15, 0.2) is 12.3 Å². The van der Waals surface area contributed by atoms with Crippen LogP contribution in [0.4, 0.5) is 5.82 Å². The molecule has 1 unspecified atom stereocenters. The van der Waals surface area contributed by atoms with Crippen LogP contribution in [0.3, 0.4) is 0 Å². The number of hydrogen-bond donors (Lipinski definition) is 1. The van der Waals surface area contributed by atoms with Gasteiger partial charge < -0.3 is 5.32 Å². The Hall–Kier alpha value is -1.12. The highest BCUT2D eigenvalue weighted by Gasteiger charge is 2.23. The molecule has 1 aromatic heterocycles. The van der Waals surface area contributed by atoms with Gasteiger partial charge in [0.05, 0.1) is 6.20 Å². The molecule has 1 atom stereocenters. The van der Waals surface area contributed by atoms with Crippen molar-refractivity contribution in [3.05, 3.63) is 17.8 Å². The Bertz CT molecular complexity index is 307. The summed E-state index contributed by atoms with van der Waals surface area (Å²) in [5.41, 5.74) is 1.16. The zero-order valence-corrected chi connectivity index (χ0v) is 8.83. The third-order valence-electron chi connectivity index (χ3n) is 3.02. The van der Waals surface area contributed by atoms with Crippen molar-refractivity contribution in [3.63, 3.8) is 0 Å². The summed E-state index contributed by atoms with van der Waals surface area (Å²) in [6, 6.07) is 2.57. The maximum absolute atomic E-state index is 4.06. The van der Waals surface area contributed by atoms with E-state index in [0.717, 1.165) is 17.3 Å². The maximum Gasteiger partial charge on any atom is 0.149 e. The van der Waals surface area contributed by atoms with Gasteiger partial charge in [-0.15, -0.1) is 5.10 Å². The van der Waals surface area contributed by atoms with E-state index in [0.29, 0.717) is 6.04 Å². The Morgan fingerprint density at radius 3 is 2.86 bits per heavy atom. The summed E-state index contributed by atoms with van der Waals surface area (Å²) in [6.07, 6.45) is 5.87. The molecule has 3 heteroatoms. The molecular weight excluding hydrogens is 174 g/mol. The average molecular weight is 191 g/mol. The van der Waals surface area contributed by atoms with Gasteiger partial charge in [0, 0.05) is 6.04 Å². The molecule has 0 bridgehead atoms. The number of nitrogens with one attached hydrogen (secondary N) is 1. The van der Waals surface area contributed by atoms with E-state index in [-0.39, 0.29) is 0 Å². The fourth-order valence-electron chi connectivity index (χ4n) is 1.83. The molecule has 76 valence electrons. The topological polar surface area (TPSA) is 37.8 Å². The first-order valence-corrected chi connectivity index (χ1v) is 5.31. The van der Waals surface area contributed by atoms with Crippen molar-refractivity contribution in [2.45, 2.75) is 39.2 Å². The molecule has 1 heterocycles. The molecule has 0 spiro atoms. The first-order valence-electron chi connectivity index (χ1n) is 5.31. The highest BCUT2D eigenvalue weighted by molar-refractivity contribution is 5.36. The second kappa shape index (κ2) is 3.95. The minimum absolute atomic E-state index is 0.528. The number of hydrogen-bond acceptors (Lipinski definition) is 3. The number of anilines is 1. The predicted octanol–water partition coefficient (Wildman–Crippen LogP) is 2.39. The molecular formula is C11H17N3. The van der Waals surface area contributed by atoms with Crippen LogP contribution < -0.4 is 5.32 Å². The summed E-state index contributed by atoms with van der Waals surface area (Å²) in [5.74, 6) is 1.74. The molecule has 1 aromatic rings. The second-order valence-electron chi connectivity index (χ2n) is 4.24. The van der Waals surface area contributed by atoms with E-state index in [1.165, 1.54) is 19.3 Å². The predicted molar refractivity (Wildman–Crippen MR) is 57.2 cm³/mol. The summed E-state index contributed by atoms with van der Waals surface area (Å²) >= 11 is 0. The third-order valence-corrected chi connectivity index (χ3v) is 3.02. The standard InChI is InChI=1S/C11H17N3/c1-8-6-11(14-12-7-8)13-9(2)10-4-3-5-10/h6-7,9-10H,3-5H2,1-2H3,(H,13,14). The Kier molecular flexibility index (Phi) is 2.66. The monoisotopic (exact) mass is 191 g/mol. The van der Waals surface area contributed by atoms with Crippen molar-refractivity contribution in [1.29, 1.82) is 0 Å². The molecule has 0 aromatic carbocycles. The molecule has 0 saturated heterocycles. The first kappa shape index (κ1) is 9.44. The second-order valence-corrected chi connectivity index (χ2v) is 4.24. The molecule has 0 aliphatic heterocycles. The van der Waals surface area contributed by atoms with E-state index >= 15 is 0 Å². The molecule has 2 rings (SSSR count). The van der Waals surface area contributed by atoms with Gasteiger partial charge in [-0.25, -0.2) is 0 Å². The Balaban J connectivity index is 1.95. The van der Waals surface area contributed by atoms with Crippen molar-refractivity contribution < 1.29 is 0 Å². The van der Waals surface area contributed by atoms with Crippen LogP contribution in [0.25, 0.3) is 0 Å². The summed E-state index contributed by atoms with van der Waals surface area (Å²) in [5, 5.41) is 11.4. The fraction of sp³-hybridized carbons (Fsp3) is 0.636. The van der Waals surface area contributed by atoms with Crippen molar-refractivity contribution >= 4 is 5.82 Å². The molecule has 1 fully saturated rings. The SMILES string of the molecule is Cc1cnnc(NC(C)C2CCC2)c1. The van der Waals surface area contributed by atoms with Crippen LogP contribution in [0.5, 0.6) is 0 Å². The lowest BCUT2D eigenvalue weighted by molar-refractivity contribution is 0.285. The Morgan fingerprint density at radius 2 is 2.29 bits per heavy atom. The first-order chi connectivity index (χ1) is 6.75. The van der Waals surface area contributed by atoms with Gasteiger partial charge in [-0.05, 0) is 44.2 Å². The van der Waals surface area contributed by atoms with E-state index in [1.807, 2.05) is 13.0 Å². The largest absolute Gasteiger partial charge is 0.366 e. The quantitative estimate of drug-likeness (QED) is 0.797. The molecule has 0 radical (unpaired) electrons. The lowest BCUT2D eigenvalue weighted by Crippen LogP contribution is -2.31. The van der Waals surface area contributed by atoms with Gasteiger partial charge in [-0.1, -0.05) is 6.42 Å². The number of nitrogens with zero attached hydrogens (tertiary/aromatic N) is 2. The minimum Gasteiger partial charge on any atom is -0.366 e. The highest BCUT2D eigenvalue weighted by Crippen LogP contribution is 2.30. The maximum atomic E-state index is 4.06. The molecule has 1 saturated carbocycles. The highest BCUT2D eigenvalue weighted by atomic mass is 15.2. The number of rotatable bonds is 3. The van der Waals surface area contributed by atoms with E-state index in [9.17, 15) is 0 Å². The van der Waals surface area contributed by atoms with Crippen molar-refractivity contribution in [2.24, 2.45) is 5.92 Å². The number of aryl methyl sites for hydroxylation is 1. The van der Waals surface area contributed by atoms with Gasteiger partial charge >= 0.3 is 0 Å². The Labute approximate surface area is 84.9 Å². The van der Waals surface area contributed by atoms with Gasteiger partial charge in [0.25, 0.3) is 0 Å².